The first-order valence-corrected chi connectivity index (χ1v) is 7.24. The summed E-state index contributed by atoms with van der Waals surface area (Å²) in [4.78, 5) is 0. The molecule has 104 valence electrons. The van der Waals surface area contributed by atoms with Gasteiger partial charge in [0.15, 0.2) is 0 Å². The number of hydrogen-bond acceptors (Lipinski definition) is 1. The number of benzene rings is 2. The Morgan fingerprint density at radius 3 is 1.75 bits per heavy atom. The van der Waals surface area contributed by atoms with Crippen LogP contribution in [0.15, 0.2) is 10.5 Å². The lowest BCUT2D eigenvalue weighted by Gasteiger charge is -2.10. The van der Waals surface area contributed by atoms with Crippen molar-refractivity contribution in [2.75, 3.05) is 0 Å². The summed E-state index contributed by atoms with van der Waals surface area (Å²) in [5.74, 6) is 0. The van der Waals surface area contributed by atoms with Gasteiger partial charge in [-0.3, -0.25) is 0 Å². The first kappa shape index (κ1) is 13.2. The molecule has 0 saturated heterocycles. The van der Waals surface area contributed by atoms with E-state index in [9.17, 15) is 0 Å². The molecule has 3 rings (SSSR count). The molecule has 20 heavy (non-hydrogen) atoms. The SMILES string of the molecule is Cc1cc(C)c2c(oc3c(C)c(C)c(C)c(C)c32)c1C. The molecule has 0 unspecified atom stereocenters. The van der Waals surface area contributed by atoms with Crippen molar-refractivity contribution < 1.29 is 4.42 Å². The van der Waals surface area contributed by atoms with Gasteiger partial charge in [-0.1, -0.05) is 6.07 Å². The van der Waals surface area contributed by atoms with E-state index in [0.717, 1.165) is 11.2 Å². The highest BCUT2D eigenvalue weighted by Gasteiger charge is 2.19. The molecular formula is C19H22O. The molecule has 0 bridgehead atoms. The third kappa shape index (κ3) is 1.49. The van der Waals surface area contributed by atoms with Crippen molar-refractivity contribution >= 4 is 21.9 Å². The maximum Gasteiger partial charge on any atom is 0.138 e. The van der Waals surface area contributed by atoms with Crippen LogP contribution in [0, 0.1) is 48.5 Å². The predicted octanol–water partition coefficient (Wildman–Crippen LogP) is 5.74. The van der Waals surface area contributed by atoms with E-state index in [1.165, 1.54) is 49.7 Å². The summed E-state index contributed by atoms with van der Waals surface area (Å²) in [6.07, 6.45) is 0. The van der Waals surface area contributed by atoms with Crippen LogP contribution in [0.4, 0.5) is 0 Å². The van der Waals surface area contributed by atoms with Gasteiger partial charge in [-0.05, 0) is 87.4 Å². The smallest absolute Gasteiger partial charge is 0.138 e. The highest BCUT2D eigenvalue weighted by molar-refractivity contribution is 6.11. The maximum absolute atomic E-state index is 6.29. The summed E-state index contributed by atoms with van der Waals surface area (Å²) < 4.78 is 6.29. The molecule has 0 fully saturated rings. The van der Waals surface area contributed by atoms with E-state index in [4.69, 9.17) is 4.42 Å². The molecule has 0 spiro atoms. The second-order valence-electron chi connectivity index (χ2n) is 6.15. The fourth-order valence-corrected chi connectivity index (χ4v) is 3.30. The summed E-state index contributed by atoms with van der Waals surface area (Å²) >= 11 is 0. The largest absolute Gasteiger partial charge is 0.455 e. The quantitative estimate of drug-likeness (QED) is 0.505. The number of rotatable bonds is 0. The molecule has 0 radical (unpaired) electrons. The molecule has 0 saturated carbocycles. The van der Waals surface area contributed by atoms with Crippen LogP contribution >= 0.6 is 0 Å². The number of furan rings is 1. The molecule has 0 N–H and O–H groups in total. The van der Waals surface area contributed by atoms with Crippen molar-refractivity contribution in [2.45, 2.75) is 48.5 Å². The fraction of sp³-hybridized carbons (Fsp3) is 0.368. The minimum atomic E-state index is 1.06. The summed E-state index contributed by atoms with van der Waals surface area (Å²) in [5, 5.41) is 2.60. The Kier molecular flexibility index (Phi) is 2.72. The van der Waals surface area contributed by atoms with E-state index >= 15 is 0 Å². The van der Waals surface area contributed by atoms with Crippen molar-refractivity contribution in [3.8, 4) is 0 Å². The van der Waals surface area contributed by atoms with Crippen LogP contribution in [-0.4, -0.2) is 0 Å². The van der Waals surface area contributed by atoms with Crippen LogP contribution in [0.25, 0.3) is 21.9 Å². The van der Waals surface area contributed by atoms with Gasteiger partial charge in [0.2, 0.25) is 0 Å². The predicted molar refractivity (Wildman–Crippen MR) is 86.9 cm³/mol. The van der Waals surface area contributed by atoms with E-state index in [0.29, 0.717) is 0 Å². The Labute approximate surface area is 120 Å². The average Bonchev–Trinajstić information content (AvgIpc) is 2.81. The number of fused-ring (bicyclic) bond motifs is 3. The minimum absolute atomic E-state index is 1.06. The van der Waals surface area contributed by atoms with Crippen LogP contribution in [0.5, 0.6) is 0 Å². The summed E-state index contributed by atoms with van der Waals surface area (Å²) in [5.41, 5.74) is 11.4. The topological polar surface area (TPSA) is 13.1 Å². The first-order chi connectivity index (χ1) is 9.34. The fourth-order valence-electron chi connectivity index (χ4n) is 3.30. The van der Waals surface area contributed by atoms with Crippen LogP contribution in [0.3, 0.4) is 0 Å². The lowest BCUT2D eigenvalue weighted by atomic mass is 9.92. The second-order valence-corrected chi connectivity index (χ2v) is 6.15. The van der Waals surface area contributed by atoms with Gasteiger partial charge in [0.25, 0.3) is 0 Å². The molecule has 3 aromatic rings. The van der Waals surface area contributed by atoms with Crippen molar-refractivity contribution in [1.29, 1.82) is 0 Å². The molecule has 0 aliphatic rings. The van der Waals surface area contributed by atoms with Crippen molar-refractivity contribution in [3.63, 3.8) is 0 Å². The Morgan fingerprint density at radius 1 is 0.550 bits per heavy atom. The normalized spacial score (nSPS) is 11.8. The Hall–Kier alpha value is -1.76. The molecular weight excluding hydrogens is 244 g/mol. The Balaban J connectivity index is 2.71. The van der Waals surface area contributed by atoms with E-state index in [1.54, 1.807) is 0 Å². The van der Waals surface area contributed by atoms with Crippen molar-refractivity contribution in [3.05, 3.63) is 45.0 Å². The van der Waals surface area contributed by atoms with Crippen LogP contribution in [0.1, 0.15) is 38.9 Å². The lowest BCUT2D eigenvalue weighted by molar-refractivity contribution is 0.661. The highest BCUT2D eigenvalue weighted by atomic mass is 16.3. The summed E-state index contributed by atoms with van der Waals surface area (Å²) in [7, 11) is 0. The van der Waals surface area contributed by atoms with Gasteiger partial charge in [-0.15, -0.1) is 0 Å². The maximum atomic E-state index is 6.29. The minimum Gasteiger partial charge on any atom is -0.455 e. The van der Waals surface area contributed by atoms with Gasteiger partial charge in [0.1, 0.15) is 11.2 Å². The summed E-state index contributed by atoms with van der Waals surface area (Å²) in [6.45, 7) is 15.3. The lowest BCUT2D eigenvalue weighted by Crippen LogP contribution is -1.92. The van der Waals surface area contributed by atoms with Gasteiger partial charge in [0, 0.05) is 10.8 Å². The molecule has 0 aliphatic heterocycles. The van der Waals surface area contributed by atoms with Crippen LogP contribution in [-0.2, 0) is 0 Å². The number of hydrogen-bond donors (Lipinski definition) is 0. The van der Waals surface area contributed by atoms with Crippen molar-refractivity contribution in [1.82, 2.24) is 0 Å². The summed E-state index contributed by atoms with van der Waals surface area (Å²) in [6, 6.07) is 2.27. The van der Waals surface area contributed by atoms with E-state index < -0.39 is 0 Å². The molecule has 1 heteroatoms. The van der Waals surface area contributed by atoms with E-state index in [2.05, 4.69) is 54.5 Å². The van der Waals surface area contributed by atoms with E-state index in [-0.39, 0.29) is 0 Å². The molecule has 0 atom stereocenters. The van der Waals surface area contributed by atoms with Gasteiger partial charge in [-0.25, -0.2) is 0 Å². The molecule has 1 heterocycles. The van der Waals surface area contributed by atoms with Gasteiger partial charge < -0.3 is 4.42 Å². The zero-order chi connectivity index (χ0) is 14.8. The standard InChI is InChI=1S/C19H22O/c1-9-8-10(2)16-17-14(6)12(4)13(5)15(7)19(17)20-18(16)11(9)3/h8H,1-7H3. The highest BCUT2D eigenvalue weighted by Crippen LogP contribution is 2.40. The molecule has 1 aromatic heterocycles. The third-order valence-corrected chi connectivity index (χ3v) is 5.07. The first-order valence-electron chi connectivity index (χ1n) is 7.24. The van der Waals surface area contributed by atoms with Gasteiger partial charge in [0.05, 0.1) is 0 Å². The molecule has 1 nitrogen and oxygen atoms in total. The van der Waals surface area contributed by atoms with Crippen LogP contribution < -0.4 is 0 Å². The number of aryl methyl sites for hydroxylation is 5. The zero-order valence-corrected chi connectivity index (χ0v) is 13.5. The molecule has 2 aromatic carbocycles. The second kappa shape index (κ2) is 4.12. The van der Waals surface area contributed by atoms with Crippen LogP contribution in [0.2, 0.25) is 0 Å². The van der Waals surface area contributed by atoms with Gasteiger partial charge >= 0.3 is 0 Å². The Bertz CT molecular complexity index is 863. The van der Waals surface area contributed by atoms with Crippen molar-refractivity contribution in [2.24, 2.45) is 0 Å². The zero-order valence-electron chi connectivity index (χ0n) is 13.5. The molecule has 0 aliphatic carbocycles. The van der Waals surface area contributed by atoms with Gasteiger partial charge in [-0.2, -0.15) is 0 Å². The Morgan fingerprint density at radius 2 is 1.10 bits per heavy atom. The monoisotopic (exact) mass is 266 g/mol. The molecule has 0 amide bonds. The average molecular weight is 266 g/mol. The third-order valence-electron chi connectivity index (χ3n) is 5.07. The van der Waals surface area contributed by atoms with E-state index in [1.807, 2.05) is 0 Å².